The summed E-state index contributed by atoms with van der Waals surface area (Å²) in [6, 6.07) is 5.52. The number of aromatic nitrogens is 2. The van der Waals surface area contributed by atoms with Gasteiger partial charge in [-0.3, -0.25) is 10.1 Å². The Hall–Kier alpha value is -2.06. The number of carbonyl (C=O) groups excluding carboxylic acids is 1. The molecule has 0 aliphatic rings. The summed E-state index contributed by atoms with van der Waals surface area (Å²) in [7, 11) is 1.56. The molecular weight excluding hydrogens is 334 g/mol. The molecule has 0 unspecified atom stereocenters. The number of nitrogens with zero attached hydrogens (tertiary/aromatic N) is 2. The lowest BCUT2D eigenvalue weighted by molar-refractivity contribution is -0.118. The normalized spacial score (nSPS) is 10.2. The Morgan fingerprint density at radius 3 is 3.00 bits per heavy atom. The molecule has 0 aliphatic heterocycles. The van der Waals surface area contributed by atoms with Crippen molar-refractivity contribution in [2.24, 2.45) is 0 Å². The second-order valence-corrected chi connectivity index (χ2v) is 6.71. The molecule has 122 valence electrons. The highest BCUT2D eigenvalue weighted by Gasteiger charge is 2.11. The lowest BCUT2D eigenvalue weighted by Crippen LogP contribution is -2.20. The number of aryl methyl sites for hydroxylation is 1. The number of nitrogens with one attached hydrogen (secondary N) is 1. The number of hydrogen-bond acceptors (Lipinski definition) is 7. The Labute approximate surface area is 142 Å². The molecule has 0 radical (unpaired) electrons. The number of thioether (sulfide) groups is 1. The first-order chi connectivity index (χ1) is 11.1. The SMILES string of the molecule is C=CCSc1nnc(NC(=O)COc2ccc(C)cc2OC)s1. The van der Waals surface area contributed by atoms with E-state index < -0.39 is 0 Å². The van der Waals surface area contributed by atoms with Crippen molar-refractivity contribution in [1.29, 1.82) is 0 Å². The Bertz CT molecular complexity index is 688. The van der Waals surface area contributed by atoms with Gasteiger partial charge >= 0.3 is 0 Å². The topological polar surface area (TPSA) is 73.3 Å². The Morgan fingerprint density at radius 1 is 1.43 bits per heavy atom. The van der Waals surface area contributed by atoms with E-state index in [4.69, 9.17) is 9.47 Å². The van der Waals surface area contributed by atoms with Crippen LogP contribution >= 0.6 is 23.1 Å². The van der Waals surface area contributed by atoms with Crippen LogP contribution in [-0.2, 0) is 4.79 Å². The van der Waals surface area contributed by atoms with Gasteiger partial charge in [0.25, 0.3) is 5.91 Å². The van der Waals surface area contributed by atoms with Crippen molar-refractivity contribution in [2.75, 3.05) is 24.8 Å². The summed E-state index contributed by atoms with van der Waals surface area (Å²) in [5, 5.41) is 11.0. The van der Waals surface area contributed by atoms with Gasteiger partial charge in [0.1, 0.15) is 0 Å². The third-order valence-electron chi connectivity index (χ3n) is 2.66. The van der Waals surface area contributed by atoms with Crippen LogP contribution in [-0.4, -0.2) is 35.6 Å². The number of methoxy groups -OCH3 is 1. The molecule has 1 aromatic heterocycles. The van der Waals surface area contributed by atoms with E-state index in [0.29, 0.717) is 16.6 Å². The van der Waals surface area contributed by atoms with Gasteiger partial charge in [-0.15, -0.1) is 16.8 Å². The van der Waals surface area contributed by atoms with Gasteiger partial charge in [0.05, 0.1) is 7.11 Å². The lowest BCUT2D eigenvalue weighted by Gasteiger charge is -2.10. The standard InChI is InChI=1S/C15H17N3O3S2/c1-4-7-22-15-18-17-14(23-15)16-13(19)9-21-11-6-5-10(2)8-12(11)20-3/h4-6,8H,1,7,9H2,2-3H3,(H,16,17,19). The van der Waals surface area contributed by atoms with Crippen LogP contribution < -0.4 is 14.8 Å². The Morgan fingerprint density at radius 2 is 2.26 bits per heavy atom. The summed E-state index contributed by atoms with van der Waals surface area (Å²) in [4.78, 5) is 11.9. The van der Waals surface area contributed by atoms with Crippen LogP contribution in [0, 0.1) is 6.92 Å². The second kappa shape index (κ2) is 8.54. The summed E-state index contributed by atoms with van der Waals surface area (Å²) in [6.45, 7) is 5.47. The number of amides is 1. The van der Waals surface area contributed by atoms with E-state index in [1.54, 1.807) is 19.3 Å². The number of rotatable bonds is 8. The van der Waals surface area contributed by atoms with Crippen molar-refractivity contribution in [3.8, 4) is 11.5 Å². The molecule has 2 rings (SSSR count). The number of carbonyl (C=O) groups is 1. The maximum atomic E-state index is 11.9. The molecule has 0 saturated heterocycles. The Balaban J connectivity index is 1.87. The molecule has 6 nitrogen and oxygen atoms in total. The van der Waals surface area contributed by atoms with E-state index in [1.165, 1.54) is 23.1 Å². The predicted octanol–water partition coefficient (Wildman–Crippen LogP) is 3.15. The van der Waals surface area contributed by atoms with Gasteiger partial charge in [-0.2, -0.15) is 0 Å². The van der Waals surface area contributed by atoms with Crippen molar-refractivity contribution in [2.45, 2.75) is 11.3 Å². The summed E-state index contributed by atoms with van der Waals surface area (Å²) >= 11 is 2.83. The lowest BCUT2D eigenvalue weighted by atomic mass is 10.2. The molecular formula is C15H17N3O3S2. The molecule has 2 aromatic rings. The summed E-state index contributed by atoms with van der Waals surface area (Å²) in [6.07, 6.45) is 1.78. The largest absolute Gasteiger partial charge is 0.493 e. The maximum absolute atomic E-state index is 11.9. The number of ether oxygens (including phenoxy) is 2. The molecule has 0 bridgehead atoms. The van der Waals surface area contributed by atoms with Crippen molar-refractivity contribution in [1.82, 2.24) is 10.2 Å². The minimum Gasteiger partial charge on any atom is -0.493 e. The molecule has 1 aromatic carbocycles. The van der Waals surface area contributed by atoms with Crippen LogP contribution in [0.3, 0.4) is 0 Å². The third kappa shape index (κ3) is 5.26. The van der Waals surface area contributed by atoms with Crippen LogP contribution in [0.5, 0.6) is 11.5 Å². The third-order valence-corrected chi connectivity index (χ3v) is 4.62. The van der Waals surface area contributed by atoms with Crippen LogP contribution in [0.15, 0.2) is 35.2 Å². The van der Waals surface area contributed by atoms with Gasteiger partial charge in [-0.25, -0.2) is 0 Å². The highest BCUT2D eigenvalue weighted by molar-refractivity contribution is 8.01. The fourth-order valence-corrected chi connectivity index (χ4v) is 3.17. The molecule has 0 aliphatic carbocycles. The van der Waals surface area contributed by atoms with E-state index in [-0.39, 0.29) is 12.5 Å². The molecule has 1 heterocycles. The summed E-state index contributed by atoms with van der Waals surface area (Å²) < 4.78 is 11.5. The highest BCUT2D eigenvalue weighted by Crippen LogP contribution is 2.28. The maximum Gasteiger partial charge on any atom is 0.264 e. The monoisotopic (exact) mass is 351 g/mol. The minimum absolute atomic E-state index is 0.131. The number of benzene rings is 1. The van der Waals surface area contributed by atoms with Crippen molar-refractivity contribution >= 4 is 34.1 Å². The van der Waals surface area contributed by atoms with Crippen LogP contribution in [0.25, 0.3) is 0 Å². The first kappa shape index (κ1) is 17.3. The first-order valence-electron chi connectivity index (χ1n) is 6.77. The van der Waals surface area contributed by atoms with Gasteiger partial charge in [-0.05, 0) is 24.6 Å². The van der Waals surface area contributed by atoms with Crippen molar-refractivity contribution in [3.05, 3.63) is 36.4 Å². The van der Waals surface area contributed by atoms with Crippen molar-refractivity contribution in [3.63, 3.8) is 0 Å². The van der Waals surface area contributed by atoms with E-state index in [0.717, 1.165) is 15.7 Å². The minimum atomic E-state index is -0.302. The van der Waals surface area contributed by atoms with E-state index in [1.807, 2.05) is 19.1 Å². The van der Waals surface area contributed by atoms with Crippen LogP contribution in [0.2, 0.25) is 0 Å². The van der Waals surface area contributed by atoms with E-state index >= 15 is 0 Å². The quantitative estimate of drug-likeness (QED) is 0.447. The van der Waals surface area contributed by atoms with Gasteiger partial charge < -0.3 is 9.47 Å². The average Bonchev–Trinajstić information content (AvgIpc) is 2.98. The number of anilines is 1. The van der Waals surface area contributed by atoms with Gasteiger partial charge in [0.15, 0.2) is 22.4 Å². The molecule has 0 atom stereocenters. The predicted molar refractivity (Wildman–Crippen MR) is 92.7 cm³/mol. The molecule has 0 fully saturated rings. The zero-order chi connectivity index (χ0) is 16.7. The van der Waals surface area contributed by atoms with Crippen LogP contribution in [0.1, 0.15) is 5.56 Å². The van der Waals surface area contributed by atoms with Crippen molar-refractivity contribution < 1.29 is 14.3 Å². The number of hydrogen-bond donors (Lipinski definition) is 1. The summed E-state index contributed by atoms with van der Waals surface area (Å²) in [5.41, 5.74) is 1.05. The average molecular weight is 351 g/mol. The fraction of sp³-hybridized carbons (Fsp3) is 0.267. The first-order valence-corrected chi connectivity index (χ1v) is 8.57. The zero-order valence-corrected chi connectivity index (χ0v) is 14.5. The summed E-state index contributed by atoms with van der Waals surface area (Å²) in [5.74, 6) is 1.56. The van der Waals surface area contributed by atoms with Gasteiger partial charge in [-0.1, -0.05) is 35.2 Å². The molecule has 23 heavy (non-hydrogen) atoms. The fourth-order valence-electron chi connectivity index (χ4n) is 1.64. The molecule has 1 N–H and O–H groups in total. The molecule has 8 heteroatoms. The van der Waals surface area contributed by atoms with E-state index in [2.05, 4.69) is 22.1 Å². The van der Waals surface area contributed by atoms with Gasteiger partial charge in [0.2, 0.25) is 5.13 Å². The molecule has 0 spiro atoms. The molecule has 0 saturated carbocycles. The zero-order valence-electron chi connectivity index (χ0n) is 12.9. The van der Waals surface area contributed by atoms with Crippen LogP contribution in [0.4, 0.5) is 5.13 Å². The highest BCUT2D eigenvalue weighted by atomic mass is 32.2. The second-order valence-electron chi connectivity index (χ2n) is 4.46. The van der Waals surface area contributed by atoms with E-state index in [9.17, 15) is 4.79 Å². The molecule has 1 amide bonds. The van der Waals surface area contributed by atoms with Gasteiger partial charge in [0, 0.05) is 5.75 Å². The smallest absolute Gasteiger partial charge is 0.264 e. The Kier molecular flexibility index (Phi) is 6.42.